The number of amides is 2. The smallest absolute Gasteiger partial charge is 0.268 e. The van der Waals surface area contributed by atoms with E-state index in [4.69, 9.17) is 0 Å². The van der Waals surface area contributed by atoms with E-state index in [1.54, 1.807) is 36.4 Å². The summed E-state index contributed by atoms with van der Waals surface area (Å²) in [5, 5.41) is 21.0. The van der Waals surface area contributed by atoms with Crippen LogP contribution in [0.25, 0.3) is 49.7 Å². The minimum Gasteiger partial charge on any atom is -0.308 e. The zero-order chi connectivity index (χ0) is 38.4. The topological polar surface area (TPSA) is 89.9 Å². The van der Waals surface area contributed by atoms with Crippen molar-refractivity contribution in [3.05, 3.63) is 180 Å². The lowest BCUT2D eigenvalue weighted by atomic mass is 9.97. The lowest BCUT2D eigenvalue weighted by Crippen LogP contribution is -2.29. The standard InChI is InChI=1S/C40H22N4O2.C6H10.C2H6/c41-23-25-16-18-31(29(20-25)24-42)28-17-19-36-34(22-28)32-12-4-5-14-35(32)44(36)37-15-7-13-33-38(37)40(46)43(39(33)45)30-11-6-10-27(21-30)26-8-2-1-3-9-26;1-4-5-6(2)3;1-2/h1-22H;4-5H,1H2,2-3H3;1-2H3. The first-order valence-electron chi connectivity index (χ1n) is 17.8. The van der Waals surface area contributed by atoms with Crippen LogP contribution >= 0.6 is 0 Å². The summed E-state index contributed by atoms with van der Waals surface area (Å²) in [4.78, 5) is 29.4. The summed E-state index contributed by atoms with van der Waals surface area (Å²) in [6.45, 7) is 11.6. The number of carbonyl (C=O) groups is 2. The molecule has 8 rings (SSSR count). The van der Waals surface area contributed by atoms with E-state index in [0.717, 1.165) is 44.1 Å². The number of nitrogens with zero attached hydrogens (tertiary/aromatic N) is 4. The second-order valence-electron chi connectivity index (χ2n) is 12.6. The molecule has 0 saturated heterocycles. The van der Waals surface area contributed by atoms with Gasteiger partial charge in [-0.2, -0.15) is 10.5 Å². The van der Waals surface area contributed by atoms with Crippen molar-refractivity contribution in [1.29, 1.82) is 10.5 Å². The maximum atomic E-state index is 14.2. The molecule has 1 aliphatic heterocycles. The molecule has 6 nitrogen and oxygen atoms in total. The first-order valence-corrected chi connectivity index (χ1v) is 17.8. The molecule has 2 heterocycles. The summed E-state index contributed by atoms with van der Waals surface area (Å²) < 4.78 is 2.03. The quantitative estimate of drug-likeness (QED) is 0.132. The summed E-state index contributed by atoms with van der Waals surface area (Å²) >= 11 is 0. The summed E-state index contributed by atoms with van der Waals surface area (Å²) in [6, 6.07) is 46.1. The zero-order valence-corrected chi connectivity index (χ0v) is 30.7. The van der Waals surface area contributed by atoms with Gasteiger partial charge in [-0.25, -0.2) is 4.90 Å². The molecule has 0 unspecified atom stereocenters. The Bertz CT molecular complexity index is 2680. The predicted octanol–water partition coefficient (Wildman–Crippen LogP) is 11.8. The predicted molar refractivity (Wildman–Crippen MR) is 220 cm³/mol. The van der Waals surface area contributed by atoms with E-state index in [2.05, 4.69) is 18.7 Å². The molecule has 0 bridgehead atoms. The van der Waals surface area contributed by atoms with Crippen molar-refractivity contribution in [1.82, 2.24) is 4.57 Å². The van der Waals surface area contributed by atoms with Gasteiger partial charge in [0.1, 0.15) is 0 Å². The Morgan fingerprint density at radius 1 is 0.630 bits per heavy atom. The normalized spacial score (nSPS) is 11.4. The van der Waals surface area contributed by atoms with Gasteiger partial charge < -0.3 is 4.57 Å². The molecule has 54 heavy (non-hydrogen) atoms. The summed E-state index contributed by atoms with van der Waals surface area (Å²) in [5.74, 6) is -0.737. The molecule has 0 N–H and O–H groups in total. The molecule has 1 aromatic heterocycles. The fourth-order valence-electron chi connectivity index (χ4n) is 6.74. The number of anilines is 1. The van der Waals surface area contributed by atoms with Gasteiger partial charge in [0.25, 0.3) is 11.8 Å². The summed E-state index contributed by atoms with van der Waals surface area (Å²) in [6.07, 6.45) is 3.76. The van der Waals surface area contributed by atoms with Crippen LogP contribution in [-0.4, -0.2) is 16.4 Å². The van der Waals surface area contributed by atoms with E-state index < -0.39 is 0 Å². The monoisotopic (exact) mass is 702 g/mol. The third-order valence-corrected chi connectivity index (χ3v) is 9.05. The number of rotatable bonds is 5. The lowest BCUT2D eigenvalue weighted by molar-refractivity contribution is 0.0926. The van der Waals surface area contributed by atoms with Gasteiger partial charge in [0.15, 0.2) is 0 Å². The number of carbonyl (C=O) groups excluding carboxylic acids is 2. The Morgan fingerprint density at radius 2 is 1.33 bits per heavy atom. The molecular formula is C48H38N4O2. The van der Waals surface area contributed by atoms with Crippen LogP contribution in [0.15, 0.2) is 158 Å². The van der Waals surface area contributed by atoms with Crippen molar-refractivity contribution in [2.45, 2.75) is 27.7 Å². The highest BCUT2D eigenvalue weighted by atomic mass is 16.2. The molecule has 0 atom stereocenters. The average molecular weight is 703 g/mol. The number of aromatic nitrogens is 1. The summed E-state index contributed by atoms with van der Waals surface area (Å²) in [7, 11) is 0. The van der Waals surface area contributed by atoms with Gasteiger partial charge in [0, 0.05) is 10.8 Å². The molecule has 7 aromatic rings. The van der Waals surface area contributed by atoms with Gasteiger partial charge in [-0.05, 0) is 90.7 Å². The van der Waals surface area contributed by atoms with Crippen LogP contribution in [0.4, 0.5) is 5.69 Å². The molecule has 2 amide bonds. The molecular weight excluding hydrogens is 665 g/mol. The molecule has 0 spiro atoms. The number of benzene rings is 6. The highest BCUT2D eigenvalue weighted by Crippen LogP contribution is 2.39. The fraction of sp³-hybridized carbons (Fsp3) is 0.0833. The van der Waals surface area contributed by atoms with Crippen LogP contribution in [0.2, 0.25) is 0 Å². The van der Waals surface area contributed by atoms with E-state index in [1.807, 2.05) is 141 Å². The average Bonchev–Trinajstić information content (AvgIpc) is 3.68. The zero-order valence-electron chi connectivity index (χ0n) is 30.7. The van der Waals surface area contributed by atoms with E-state index >= 15 is 0 Å². The van der Waals surface area contributed by atoms with Crippen molar-refractivity contribution >= 4 is 39.3 Å². The van der Waals surface area contributed by atoms with Crippen molar-refractivity contribution in [2.75, 3.05) is 4.90 Å². The maximum absolute atomic E-state index is 14.2. The fourth-order valence-corrected chi connectivity index (χ4v) is 6.74. The molecule has 0 saturated carbocycles. The van der Waals surface area contributed by atoms with Gasteiger partial charge in [-0.1, -0.05) is 117 Å². The van der Waals surface area contributed by atoms with Crippen LogP contribution in [0.5, 0.6) is 0 Å². The Balaban J connectivity index is 0.000000569. The Hall–Kier alpha value is -7.28. The summed E-state index contributed by atoms with van der Waals surface area (Å²) in [5.41, 5.74) is 9.20. The number of nitriles is 2. The van der Waals surface area contributed by atoms with Crippen LogP contribution in [0.1, 0.15) is 59.5 Å². The van der Waals surface area contributed by atoms with Crippen LogP contribution < -0.4 is 4.90 Å². The van der Waals surface area contributed by atoms with Gasteiger partial charge in [0.05, 0.1) is 56.8 Å². The Labute approximate surface area is 315 Å². The third kappa shape index (κ3) is 6.73. The van der Waals surface area contributed by atoms with Crippen molar-refractivity contribution in [3.63, 3.8) is 0 Å². The van der Waals surface area contributed by atoms with E-state index in [1.165, 1.54) is 10.5 Å². The van der Waals surface area contributed by atoms with Crippen molar-refractivity contribution in [2.24, 2.45) is 0 Å². The first kappa shape index (κ1) is 36.5. The number of hydrogen-bond acceptors (Lipinski definition) is 4. The van der Waals surface area contributed by atoms with Gasteiger partial charge in [-0.15, -0.1) is 0 Å². The van der Waals surface area contributed by atoms with Crippen molar-refractivity contribution < 1.29 is 9.59 Å². The highest BCUT2D eigenvalue weighted by Gasteiger charge is 2.39. The Morgan fingerprint density at radius 3 is 2.04 bits per heavy atom. The largest absolute Gasteiger partial charge is 0.308 e. The van der Waals surface area contributed by atoms with E-state index in [-0.39, 0.29) is 11.8 Å². The number of allylic oxidation sites excluding steroid dienone is 3. The van der Waals surface area contributed by atoms with Gasteiger partial charge >= 0.3 is 0 Å². The van der Waals surface area contributed by atoms with Crippen LogP contribution in [0.3, 0.4) is 0 Å². The molecule has 1 aliphatic rings. The number of imide groups is 1. The molecule has 0 aliphatic carbocycles. The van der Waals surface area contributed by atoms with E-state index in [0.29, 0.717) is 33.6 Å². The van der Waals surface area contributed by atoms with E-state index in [9.17, 15) is 20.1 Å². The molecule has 0 fully saturated rings. The minimum atomic E-state index is -0.375. The molecule has 262 valence electrons. The van der Waals surface area contributed by atoms with Gasteiger partial charge in [-0.3, -0.25) is 9.59 Å². The SMILES string of the molecule is C=CC=C(C)C.CC.N#Cc1ccc(-c2ccc3c(c2)c2ccccc2n3-c2cccc3c2C(=O)N(c2cccc(-c4ccccc4)c2)C3=O)c(C#N)c1. The molecule has 6 aromatic carbocycles. The highest BCUT2D eigenvalue weighted by molar-refractivity contribution is 6.36. The minimum absolute atomic E-state index is 0.350. The van der Waals surface area contributed by atoms with Crippen LogP contribution in [-0.2, 0) is 0 Å². The number of para-hydroxylation sites is 1. The van der Waals surface area contributed by atoms with Gasteiger partial charge in [0.2, 0.25) is 0 Å². The van der Waals surface area contributed by atoms with Crippen LogP contribution in [0, 0.1) is 22.7 Å². The maximum Gasteiger partial charge on any atom is 0.268 e. The number of hydrogen-bond donors (Lipinski definition) is 0. The number of fused-ring (bicyclic) bond motifs is 4. The van der Waals surface area contributed by atoms with Crippen molar-refractivity contribution in [3.8, 4) is 40.1 Å². The second kappa shape index (κ2) is 15.9. The second-order valence-corrected chi connectivity index (χ2v) is 12.6. The molecule has 6 heteroatoms. The Kier molecular flexibility index (Phi) is 10.8. The first-order chi connectivity index (χ1) is 26.3. The lowest BCUT2D eigenvalue weighted by Gasteiger charge is -2.16. The third-order valence-electron chi connectivity index (χ3n) is 9.05. The molecule has 0 radical (unpaired) electrons.